The first kappa shape index (κ1) is 28.3. The molecular formula is C30H28N6O6S4. The number of anilines is 2. The van der Waals surface area contributed by atoms with Crippen LogP contribution in [0.25, 0.3) is 0 Å². The van der Waals surface area contributed by atoms with Gasteiger partial charge in [-0.2, -0.15) is 0 Å². The van der Waals surface area contributed by atoms with Gasteiger partial charge < -0.3 is 30.6 Å². The topological polar surface area (TPSA) is 146 Å². The second-order valence-electron chi connectivity index (χ2n) is 13.5. The number of fused-ring (bicyclic) bond motifs is 11. The lowest BCUT2D eigenvalue weighted by Crippen LogP contribution is -2.77. The van der Waals surface area contributed by atoms with E-state index in [9.17, 15) is 29.4 Å². The molecule has 4 N–H and O–H groups in total. The fourth-order valence-corrected chi connectivity index (χ4v) is 16.9. The summed E-state index contributed by atoms with van der Waals surface area (Å²) in [5, 5.41) is 33.6. The van der Waals surface area contributed by atoms with Crippen LogP contribution >= 0.6 is 43.2 Å². The molecule has 0 radical (unpaired) electrons. The van der Waals surface area contributed by atoms with Crippen LogP contribution in [-0.2, 0) is 30.0 Å². The Kier molecular flexibility index (Phi) is 4.87. The highest BCUT2D eigenvalue weighted by molar-refractivity contribution is 8.78. The number of likely N-dealkylation sites (N-methyl/N-ethyl adjacent to an activating group) is 2. The molecule has 238 valence electrons. The Morgan fingerprint density at radius 3 is 1.37 bits per heavy atom. The fourth-order valence-electron chi connectivity index (χ4n) is 9.79. The van der Waals surface area contributed by atoms with Crippen molar-refractivity contribution < 1.29 is 29.4 Å². The molecule has 10 heterocycles. The lowest BCUT2D eigenvalue weighted by atomic mass is 9.52. The molecule has 4 bridgehead atoms. The molecule has 46 heavy (non-hydrogen) atoms. The van der Waals surface area contributed by atoms with E-state index in [1.54, 1.807) is 27.9 Å². The van der Waals surface area contributed by atoms with Gasteiger partial charge in [-0.05, 0) is 58.7 Å². The summed E-state index contributed by atoms with van der Waals surface area (Å²) in [5.74, 6) is -1.52. The van der Waals surface area contributed by atoms with Crippen molar-refractivity contribution in [3.05, 3.63) is 59.7 Å². The summed E-state index contributed by atoms with van der Waals surface area (Å²) in [6.07, 6.45) is -5.21. The summed E-state index contributed by atoms with van der Waals surface area (Å²) in [6.45, 7) is 3.42. The van der Waals surface area contributed by atoms with E-state index in [0.29, 0.717) is 22.5 Å². The van der Waals surface area contributed by atoms with E-state index >= 15 is 0 Å². The molecular weight excluding hydrogens is 669 g/mol. The van der Waals surface area contributed by atoms with Crippen molar-refractivity contribution in [1.82, 2.24) is 19.6 Å². The number of nitrogens with one attached hydrogen (secondary N) is 2. The van der Waals surface area contributed by atoms with Crippen LogP contribution in [0.2, 0.25) is 0 Å². The zero-order valence-corrected chi connectivity index (χ0v) is 28.1. The van der Waals surface area contributed by atoms with E-state index in [1.165, 1.54) is 62.8 Å². The average Bonchev–Trinajstić information content (AvgIpc) is 3.70. The molecule has 10 aliphatic rings. The SMILES string of the molecule is CN1C(=O)[C@]23SS[C@@]1(C)C(=O)N2[C@H]1Nc2ccccc2[C@@]1([C@@]12c4ccccc4N[C@@H]1N1C(=O)[C@]4(C)SS[C@]1(C(=O)N4C)[C@H]2O)C3O. The summed E-state index contributed by atoms with van der Waals surface area (Å²) in [7, 11) is 7.98. The van der Waals surface area contributed by atoms with Crippen LogP contribution in [0, 0.1) is 0 Å². The number of carbonyl (C=O) groups is 4. The number of para-hydroxylation sites is 2. The van der Waals surface area contributed by atoms with Gasteiger partial charge in [0.25, 0.3) is 23.6 Å². The highest BCUT2D eigenvalue weighted by Crippen LogP contribution is 2.78. The quantitative estimate of drug-likeness (QED) is 0.320. The van der Waals surface area contributed by atoms with Crippen molar-refractivity contribution in [2.75, 3.05) is 24.7 Å². The van der Waals surface area contributed by atoms with E-state index in [-0.39, 0.29) is 11.8 Å². The highest BCUT2D eigenvalue weighted by Gasteiger charge is 2.92. The standard InChI is InChI=1S/C30H28N6O6S4/c1-25-21(39)35-19-27(13-9-5-7-11-15(13)31-19,17(37)29(35,45-43-25)23(41)33(25)3)28-14-10-6-8-12-16(14)32-20(28)36-22(40)26(2)34(4)24(42)30(36,18(28)38)46-44-26/h5-12,17-20,31-32,37-38H,1-4H3/t17-,18?,19+,20+,25-,26-,27+,28+,29-,30-/m0/s1. The fraction of sp³-hybridized carbons (Fsp3) is 0.467. The number of aliphatic hydroxyl groups excluding tert-OH is 2. The predicted molar refractivity (Wildman–Crippen MR) is 175 cm³/mol. The zero-order valence-electron chi connectivity index (χ0n) is 24.9. The van der Waals surface area contributed by atoms with Crippen LogP contribution < -0.4 is 10.6 Å². The molecule has 12 nitrogen and oxygen atoms in total. The van der Waals surface area contributed by atoms with E-state index in [2.05, 4.69) is 10.6 Å². The van der Waals surface area contributed by atoms with Gasteiger partial charge in [0.2, 0.25) is 9.74 Å². The number of amides is 4. The van der Waals surface area contributed by atoms with Crippen LogP contribution in [-0.4, -0.2) is 112 Å². The van der Waals surface area contributed by atoms with Gasteiger partial charge in [-0.3, -0.25) is 29.0 Å². The minimum atomic E-state index is -1.76. The summed E-state index contributed by atoms with van der Waals surface area (Å²) in [4.78, 5) is 58.2. The van der Waals surface area contributed by atoms with Crippen LogP contribution in [0.3, 0.4) is 0 Å². The van der Waals surface area contributed by atoms with Crippen molar-refractivity contribution in [3.8, 4) is 0 Å². The van der Waals surface area contributed by atoms with Crippen molar-refractivity contribution >= 4 is 78.2 Å². The molecule has 16 heteroatoms. The number of hydrogen-bond acceptors (Lipinski definition) is 12. The number of carbonyl (C=O) groups excluding carboxylic acids is 4. The van der Waals surface area contributed by atoms with E-state index < -0.39 is 66.7 Å². The van der Waals surface area contributed by atoms with Crippen LogP contribution in [0.15, 0.2) is 48.5 Å². The van der Waals surface area contributed by atoms with Crippen molar-refractivity contribution in [2.45, 2.75) is 68.7 Å². The third kappa shape index (κ3) is 2.30. The molecule has 10 aliphatic heterocycles. The van der Waals surface area contributed by atoms with E-state index in [0.717, 1.165) is 0 Å². The number of hydrogen-bond donors (Lipinski definition) is 4. The molecule has 10 atom stereocenters. The van der Waals surface area contributed by atoms with Gasteiger partial charge in [0.05, 0.1) is 10.8 Å². The number of benzene rings is 2. The minimum absolute atomic E-state index is 0.342. The normalized spacial score (nSPS) is 47.0. The maximum Gasteiger partial charge on any atom is 0.264 e. The van der Waals surface area contributed by atoms with Gasteiger partial charge in [0.15, 0.2) is 9.74 Å². The maximum absolute atomic E-state index is 14.7. The first-order valence-corrected chi connectivity index (χ1v) is 19.2. The third-order valence-corrected chi connectivity index (χ3v) is 19.5. The first-order chi connectivity index (χ1) is 21.8. The van der Waals surface area contributed by atoms with Crippen LogP contribution in [0.1, 0.15) is 25.0 Å². The van der Waals surface area contributed by atoms with Crippen molar-refractivity contribution in [3.63, 3.8) is 0 Å². The summed E-state index contributed by atoms with van der Waals surface area (Å²) < 4.78 is 0. The first-order valence-electron chi connectivity index (χ1n) is 14.9. The van der Waals surface area contributed by atoms with Crippen LogP contribution in [0.5, 0.6) is 0 Å². The Labute approximate surface area is 279 Å². The monoisotopic (exact) mass is 696 g/mol. The number of aliphatic hydroxyl groups is 2. The van der Waals surface area contributed by atoms with Crippen LogP contribution in [0.4, 0.5) is 11.4 Å². The Bertz CT molecular complexity index is 1760. The molecule has 0 aromatic heterocycles. The molecule has 8 saturated heterocycles. The largest absolute Gasteiger partial charge is 0.388 e. The lowest BCUT2D eigenvalue weighted by Gasteiger charge is -2.58. The Hall–Kier alpha value is -2.76. The Balaban J connectivity index is 1.36. The second kappa shape index (κ2) is 7.92. The zero-order chi connectivity index (χ0) is 32.1. The van der Waals surface area contributed by atoms with E-state index in [1.807, 2.05) is 48.5 Å². The molecule has 0 saturated carbocycles. The van der Waals surface area contributed by atoms with Gasteiger partial charge in [0, 0.05) is 25.5 Å². The minimum Gasteiger partial charge on any atom is -0.388 e. The van der Waals surface area contributed by atoms with Gasteiger partial charge in [0.1, 0.15) is 24.5 Å². The summed E-state index contributed by atoms with van der Waals surface area (Å²) in [6, 6.07) is 14.8. The van der Waals surface area contributed by atoms with Crippen molar-refractivity contribution in [1.29, 1.82) is 0 Å². The molecule has 2 aromatic rings. The maximum atomic E-state index is 14.7. The summed E-state index contributed by atoms with van der Waals surface area (Å²) >= 11 is 0. The molecule has 1 unspecified atom stereocenters. The Morgan fingerprint density at radius 1 is 0.609 bits per heavy atom. The molecule has 4 amide bonds. The van der Waals surface area contributed by atoms with E-state index in [4.69, 9.17) is 0 Å². The molecule has 8 fully saturated rings. The Morgan fingerprint density at radius 2 is 0.978 bits per heavy atom. The molecule has 2 spiro atoms. The number of piperazine rings is 2. The lowest BCUT2D eigenvalue weighted by molar-refractivity contribution is -0.166. The third-order valence-electron chi connectivity index (χ3n) is 12.1. The molecule has 12 rings (SSSR count). The van der Waals surface area contributed by atoms with Gasteiger partial charge in [-0.1, -0.05) is 58.0 Å². The average molecular weight is 697 g/mol. The highest BCUT2D eigenvalue weighted by atomic mass is 33.1. The van der Waals surface area contributed by atoms with Crippen molar-refractivity contribution in [2.24, 2.45) is 0 Å². The smallest absolute Gasteiger partial charge is 0.264 e. The predicted octanol–water partition coefficient (Wildman–Crippen LogP) is 1.33. The number of rotatable bonds is 1. The summed E-state index contributed by atoms with van der Waals surface area (Å²) in [5.41, 5.74) is -0.775. The second-order valence-corrected chi connectivity index (χ2v) is 19.0. The molecule has 2 aromatic carbocycles. The van der Waals surface area contributed by atoms with Gasteiger partial charge in [-0.15, -0.1) is 0 Å². The van der Waals surface area contributed by atoms with Gasteiger partial charge >= 0.3 is 0 Å². The molecule has 0 aliphatic carbocycles. The van der Waals surface area contributed by atoms with Gasteiger partial charge in [-0.25, -0.2) is 0 Å². The number of nitrogens with zero attached hydrogens (tertiary/aromatic N) is 4.